The molecule has 3 rings (SSSR count). The first-order chi connectivity index (χ1) is 16.3. The molecule has 1 saturated heterocycles. The summed E-state index contributed by atoms with van der Waals surface area (Å²) in [5.41, 5.74) is 0.383. The van der Waals surface area contributed by atoms with Gasteiger partial charge in [-0.25, -0.2) is 0 Å². The van der Waals surface area contributed by atoms with Gasteiger partial charge in [-0.3, -0.25) is 14.5 Å². The molecule has 7 nitrogen and oxygen atoms in total. The van der Waals surface area contributed by atoms with Crippen molar-refractivity contribution >= 4 is 23.2 Å². The molecule has 1 aromatic carbocycles. The molecule has 1 fully saturated rings. The molecule has 186 valence electrons. The lowest BCUT2D eigenvalue weighted by Gasteiger charge is -2.36. The summed E-state index contributed by atoms with van der Waals surface area (Å²) in [7, 11) is 3.07. The van der Waals surface area contributed by atoms with Crippen molar-refractivity contribution in [1.29, 1.82) is 0 Å². The van der Waals surface area contributed by atoms with Gasteiger partial charge < -0.3 is 20.1 Å². The van der Waals surface area contributed by atoms with Crippen molar-refractivity contribution in [2.75, 3.05) is 33.9 Å². The predicted octanol–water partition coefficient (Wildman–Crippen LogP) is 4.11. The van der Waals surface area contributed by atoms with Gasteiger partial charge in [-0.1, -0.05) is 26.8 Å². The Morgan fingerprint density at radius 3 is 2.29 bits per heavy atom. The fourth-order valence-electron chi connectivity index (χ4n) is 4.24. The van der Waals surface area contributed by atoms with Gasteiger partial charge in [0, 0.05) is 23.1 Å². The number of ether oxygens (including phenoxy) is 2. The van der Waals surface area contributed by atoms with Gasteiger partial charge in [0.05, 0.1) is 20.3 Å². The first-order valence-corrected chi connectivity index (χ1v) is 12.8. The smallest absolute Gasteiger partial charge is 0.252 e. The molecular formula is C26H37N3O4S. The number of amides is 2. The van der Waals surface area contributed by atoms with Crippen LogP contribution in [0.25, 0.3) is 0 Å². The van der Waals surface area contributed by atoms with Crippen molar-refractivity contribution in [3.8, 4) is 11.5 Å². The number of carbonyl (C=O) groups is 2. The first-order valence-electron chi connectivity index (χ1n) is 11.9. The van der Waals surface area contributed by atoms with Gasteiger partial charge in [0.2, 0.25) is 5.91 Å². The molecule has 2 aromatic rings. The summed E-state index contributed by atoms with van der Waals surface area (Å²) in [6.45, 7) is 8.73. The minimum absolute atomic E-state index is 0.0764. The Morgan fingerprint density at radius 2 is 1.76 bits per heavy atom. The zero-order valence-corrected chi connectivity index (χ0v) is 21.6. The number of thiophene rings is 1. The van der Waals surface area contributed by atoms with Crippen molar-refractivity contribution < 1.29 is 19.1 Å². The average Bonchev–Trinajstić information content (AvgIpc) is 3.37. The summed E-state index contributed by atoms with van der Waals surface area (Å²) in [5, 5.41) is 8.11. The highest BCUT2D eigenvalue weighted by atomic mass is 32.1. The topological polar surface area (TPSA) is 79.9 Å². The van der Waals surface area contributed by atoms with E-state index in [1.54, 1.807) is 29.5 Å². The van der Waals surface area contributed by atoms with Gasteiger partial charge in [-0.05, 0) is 61.3 Å². The molecule has 0 bridgehead atoms. The number of methoxy groups -OCH3 is 2. The van der Waals surface area contributed by atoms with E-state index in [1.807, 2.05) is 13.8 Å². The highest BCUT2D eigenvalue weighted by molar-refractivity contribution is 7.10. The number of benzene rings is 1. The minimum Gasteiger partial charge on any atom is -0.497 e. The van der Waals surface area contributed by atoms with Crippen molar-refractivity contribution in [3.05, 3.63) is 46.2 Å². The molecule has 0 spiro atoms. The largest absolute Gasteiger partial charge is 0.497 e. The second-order valence-corrected chi connectivity index (χ2v) is 10.3. The lowest BCUT2D eigenvalue weighted by atomic mass is 9.97. The van der Waals surface area contributed by atoms with Crippen LogP contribution in [-0.4, -0.2) is 56.6 Å². The summed E-state index contributed by atoms with van der Waals surface area (Å²) in [6.07, 6.45) is 2.34. The van der Waals surface area contributed by atoms with Crippen LogP contribution in [-0.2, 0) is 4.79 Å². The van der Waals surface area contributed by atoms with E-state index in [0.29, 0.717) is 23.6 Å². The molecule has 0 saturated carbocycles. The third-order valence-electron chi connectivity index (χ3n) is 6.45. The third kappa shape index (κ3) is 6.73. The number of hydrogen-bond donors (Lipinski definition) is 2. The standard InChI is InChI=1S/C26H37N3O4S/c1-17(2)24(28-25(30)19-13-20(32-4)15-21(14-19)33-5)26(31)27-16-22(23-7-6-12-34-23)29-10-8-18(3)9-11-29/h6-7,12-15,17-18,22,24H,8-11,16H2,1-5H3,(H,27,31)(H,28,30)/t22-,24+/m1/s1. The number of rotatable bonds is 10. The second kappa shape index (κ2) is 12.2. The van der Waals surface area contributed by atoms with E-state index >= 15 is 0 Å². The molecule has 2 N–H and O–H groups in total. The van der Waals surface area contributed by atoms with Gasteiger partial charge in [0.1, 0.15) is 17.5 Å². The lowest BCUT2D eigenvalue weighted by molar-refractivity contribution is -0.124. The van der Waals surface area contributed by atoms with E-state index in [9.17, 15) is 9.59 Å². The zero-order chi connectivity index (χ0) is 24.7. The molecule has 0 unspecified atom stereocenters. The van der Waals surface area contributed by atoms with E-state index < -0.39 is 6.04 Å². The van der Waals surface area contributed by atoms with E-state index in [-0.39, 0.29) is 23.8 Å². The first kappa shape index (κ1) is 26.0. The van der Waals surface area contributed by atoms with Crippen molar-refractivity contribution in [2.45, 2.75) is 45.7 Å². The molecule has 2 heterocycles. The van der Waals surface area contributed by atoms with Crippen LogP contribution in [0.15, 0.2) is 35.7 Å². The normalized spacial score (nSPS) is 16.6. The number of likely N-dealkylation sites (tertiary alicyclic amines) is 1. The second-order valence-electron chi connectivity index (χ2n) is 9.29. The molecule has 1 aliphatic rings. The van der Waals surface area contributed by atoms with E-state index in [1.165, 1.54) is 31.9 Å². The zero-order valence-electron chi connectivity index (χ0n) is 20.8. The highest BCUT2D eigenvalue weighted by Gasteiger charge is 2.29. The Labute approximate surface area is 206 Å². The maximum absolute atomic E-state index is 13.2. The molecule has 1 aliphatic heterocycles. The van der Waals surface area contributed by atoms with Gasteiger partial charge in [0.25, 0.3) is 5.91 Å². The van der Waals surface area contributed by atoms with Gasteiger partial charge in [-0.2, -0.15) is 0 Å². The number of nitrogens with one attached hydrogen (secondary N) is 2. The molecule has 0 aliphatic carbocycles. The summed E-state index contributed by atoms with van der Waals surface area (Å²) in [5.74, 6) is 1.18. The van der Waals surface area contributed by atoms with Gasteiger partial charge in [0.15, 0.2) is 0 Å². The third-order valence-corrected chi connectivity index (χ3v) is 7.42. The Kier molecular flexibility index (Phi) is 9.36. The molecule has 2 atom stereocenters. The summed E-state index contributed by atoms with van der Waals surface area (Å²) >= 11 is 1.72. The van der Waals surface area contributed by atoms with Crippen LogP contribution in [0.3, 0.4) is 0 Å². The molecule has 8 heteroatoms. The Morgan fingerprint density at radius 1 is 1.12 bits per heavy atom. The van der Waals surface area contributed by atoms with Crippen molar-refractivity contribution in [3.63, 3.8) is 0 Å². The monoisotopic (exact) mass is 487 g/mol. The maximum Gasteiger partial charge on any atom is 0.252 e. The molecule has 2 amide bonds. The van der Waals surface area contributed by atoms with Crippen LogP contribution in [0.1, 0.15) is 54.9 Å². The summed E-state index contributed by atoms with van der Waals surface area (Å²) in [6, 6.07) is 8.65. The lowest BCUT2D eigenvalue weighted by Crippen LogP contribution is -2.51. The van der Waals surface area contributed by atoms with E-state index in [4.69, 9.17) is 9.47 Å². The number of carbonyl (C=O) groups excluding carboxylic acids is 2. The number of piperidine rings is 1. The number of nitrogens with zero attached hydrogens (tertiary/aromatic N) is 1. The maximum atomic E-state index is 13.2. The molecule has 0 radical (unpaired) electrons. The van der Waals surface area contributed by atoms with Crippen LogP contribution in [0, 0.1) is 11.8 Å². The highest BCUT2D eigenvalue weighted by Crippen LogP contribution is 2.29. The van der Waals surface area contributed by atoms with Crippen LogP contribution < -0.4 is 20.1 Å². The summed E-state index contributed by atoms with van der Waals surface area (Å²) in [4.78, 5) is 29.9. The molecule has 1 aromatic heterocycles. The summed E-state index contributed by atoms with van der Waals surface area (Å²) < 4.78 is 10.5. The average molecular weight is 488 g/mol. The van der Waals surface area contributed by atoms with Crippen LogP contribution in [0.5, 0.6) is 11.5 Å². The minimum atomic E-state index is -0.657. The predicted molar refractivity (Wildman–Crippen MR) is 136 cm³/mol. The van der Waals surface area contributed by atoms with Crippen LogP contribution in [0.2, 0.25) is 0 Å². The number of hydrogen-bond acceptors (Lipinski definition) is 6. The quantitative estimate of drug-likeness (QED) is 0.527. The molecule has 34 heavy (non-hydrogen) atoms. The van der Waals surface area contributed by atoms with E-state index in [2.05, 4.69) is 40.0 Å². The fraction of sp³-hybridized carbons (Fsp3) is 0.538. The van der Waals surface area contributed by atoms with Crippen LogP contribution >= 0.6 is 11.3 Å². The molecular weight excluding hydrogens is 450 g/mol. The van der Waals surface area contributed by atoms with Crippen molar-refractivity contribution in [2.24, 2.45) is 11.8 Å². The van der Waals surface area contributed by atoms with Crippen molar-refractivity contribution in [1.82, 2.24) is 15.5 Å². The SMILES string of the molecule is COc1cc(OC)cc(C(=O)N[C@H](C(=O)NC[C@H](c2cccs2)N2CCC(C)CC2)C(C)C)c1. The van der Waals surface area contributed by atoms with E-state index in [0.717, 1.165) is 19.0 Å². The van der Waals surface area contributed by atoms with Crippen LogP contribution in [0.4, 0.5) is 0 Å². The Hall–Kier alpha value is -2.58. The Balaban J connectivity index is 1.68. The van der Waals surface area contributed by atoms with Gasteiger partial charge in [-0.15, -0.1) is 11.3 Å². The van der Waals surface area contributed by atoms with Gasteiger partial charge >= 0.3 is 0 Å². The fourth-order valence-corrected chi connectivity index (χ4v) is 5.10. The Bertz CT molecular complexity index is 917.